The molecule has 0 fully saturated rings. The van der Waals surface area contributed by atoms with Gasteiger partial charge < -0.3 is 0 Å². The zero-order valence-corrected chi connectivity index (χ0v) is 9.88. The first kappa shape index (κ1) is 17.1. The van der Waals surface area contributed by atoms with E-state index in [2.05, 4.69) is 0 Å². The van der Waals surface area contributed by atoms with Gasteiger partial charge in [-0.25, -0.2) is 0 Å². The summed E-state index contributed by atoms with van der Waals surface area (Å²) in [6.45, 7) is 0. The first-order valence-electron chi connectivity index (χ1n) is 3.03. The second-order valence-electron chi connectivity index (χ2n) is 2.31. The van der Waals surface area contributed by atoms with Gasteiger partial charge in [-0.15, -0.1) is 0 Å². The summed E-state index contributed by atoms with van der Waals surface area (Å²) in [5.41, 5.74) is 0. The molecule has 0 heterocycles. The Hall–Kier alpha value is -0.270. The molecule has 0 bridgehead atoms. The highest BCUT2D eigenvalue weighted by molar-refractivity contribution is 7.89. The van der Waals surface area contributed by atoms with Crippen molar-refractivity contribution < 1.29 is 38.9 Å². The molecular formula is C3H10O9S3. The molecule has 0 saturated carbocycles. The fourth-order valence-electron chi connectivity index (χ4n) is 0.211. The summed E-state index contributed by atoms with van der Waals surface area (Å²) in [6, 6.07) is 0. The normalized spacial score (nSPS) is 12.8. The Morgan fingerprint density at radius 2 is 0.867 bits per heavy atom. The molecule has 15 heavy (non-hydrogen) atoms. The molecule has 0 aromatic heterocycles. The van der Waals surface area contributed by atoms with Crippen molar-refractivity contribution in [2.45, 2.75) is 0 Å². The molecule has 0 aliphatic carbocycles. The van der Waals surface area contributed by atoms with E-state index in [9.17, 15) is 25.3 Å². The summed E-state index contributed by atoms with van der Waals surface area (Å²) in [5, 5.41) is 0. The van der Waals surface area contributed by atoms with Crippen molar-refractivity contribution in [2.24, 2.45) is 0 Å². The van der Waals surface area contributed by atoms with Gasteiger partial charge in [0.15, 0.2) is 0 Å². The maximum atomic E-state index is 9.86. The summed E-state index contributed by atoms with van der Waals surface area (Å²) in [6.07, 6.45) is 0.715. The second-order valence-corrected chi connectivity index (χ2v) is 6.92. The van der Waals surface area contributed by atoms with Crippen molar-refractivity contribution in [3.8, 4) is 0 Å². The molecule has 94 valence electrons. The lowest BCUT2D eigenvalue weighted by Crippen LogP contribution is -2.15. The van der Waals surface area contributed by atoms with E-state index in [1.54, 1.807) is 0 Å². The Bertz CT molecular complexity index is 425. The van der Waals surface area contributed by atoms with E-state index in [0.29, 0.717) is 6.26 Å². The van der Waals surface area contributed by atoms with E-state index in [-0.39, 0.29) is 0 Å². The molecule has 0 spiro atoms. The lowest BCUT2D eigenvalue weighted by molar-refractivity contribution is 0.472. The monoisotopic (exact) mass is 286 g/mol. The minimum absolute atomic E-state index is 0.715. The van der Waals surface area contributed by atoms with Crippen LogP contribution in [0.3, 0.4) is 0 Å². The van der Waals surface area contributed by atoms with Crippen LogP contribution in [0, 0.1) is 0 Å². The zero-order valence-electron chi connectivity index (χ0n) is 7.43. The molecule has 12 heteroatoms. The first-order valence-corrected chi connectivity index (χ1v) is 8.10. The number of rotatable bonds is 3. The van der Waals surface area contributed by atoms with Crippen molar-refractivity contribution in [1.29, 1.82) is 0 Å². The summed E-state index contributed by atoms with van der Waals surface area (Å²) in [7, 11) is -12.3. The summed E-state index contributed by atoms with van der Waals surface area (Å²) < 4.78 is 81.3. The Balaban J connectivity index is 0. The van der Waals surface area contributed by atoms with E-state index in [1.165, 1.54) is 0 Å². The van der Waals surface area contributed by atoms with E-state index in [4.69, 9.17) is 13.7 Å². The van der Waals surface area contributed by atoms with Crippen LogP contribution in [0.4, 0.5) is 0 Å². The van der Waals surface area contributed by atoms with Crippen molar-refractivity contribution in [1.82, 2.24) is 0 Å². The average molecular weight is 286 g/mol. The quantitative estimate of drug-likeness (QED) is 0.511. The topological polar surface area (TPSA) is 163 Å². The van der Waals surface area contributed by atoms with Crippen LogP contribution in [0.15, 0.2) is 0 Å². The highest BCUT2D eigenvalue weighted by atomic mass is 32.2. The van der Waals surface area contributed by atoms with Gasteiger partial charge in [0.1, 0.15) is 0 Å². The molecule has 0 aromatic rings. The average Bonchev–Trinajstić information content (AvgIpc) is 1.76. The van der Waals surface area contributed by atoms with E-state index in [0.717, 1.165) is 0 Å². The van der Waals surface area contributed by atoms with E-state index in [1.807, 2.05) is 0 Å². The summed E-state index contributed by atoms with van der Waals surface area (Å²) in [5.74, 6) is -1.96. The van der Waals surface area contributed by atoms with Crippen LogP contribution in [-0.2, 0) is 30.4 Å². The Kier molecular flexibility index (Phi) is 6.53. The molecule has 0 aromatic carbocycles. The van der Waals surface area contributed by atoms with Gasteiger partial charge in [-0.05, 0) is 0 Å². The third kappa shape index (κ3) is 41.7. The van der Waals surface area contributed by atoms with Crippen molar-refractivity contribution >= 4 is 30.4 Å². The number of hydrogen-bond acceptors (Lipinski definition) is 6. The van der Waals surface area contributed by atoms with Gasteiger partial charge in [0.25, 0.3) is 30.4 Å². The minimum Gasteiger partial charge on any atom is -0.286 e. The standard InChI is InChI=1S/C2H6O6S2.CH4O3S/c3-9(4,5)1-2-10(6,7)8;1-5(2,3)4/h1-2H2,(H,3,4,5)(H,6,7,8);1H3,(H,2,3,4). The van der Waals surface area contributed by atoms with E-state index >= 15 is 0 Å². The largest absolute Gasteiger partial charge is 0.286 e. The molecule has 0 saturated heterocycles. The molecule has 9 nitrogen and oxygen atoms in total. The molecule has 0 aliphatic rings. The highest BCUT2D eigenvalue weighted by Crippen LogP contribution is 1.86. The Morgan fingerprint density at radius 3 is 0.933 bits per heavy atom. The van der Waals surface area contributed by atoms with Gasteiger partial charge in [0.2, 0.25) is 0 Å². The van der Waals surface area contributed by atoms with Gasteiger partial charge in [-0.2, -0.15) is 25.3 Å². The molecule has 0 radical (unpaired) electrons. The molecular weight excluding hydrogens is 276 g/mol. The third-order valence-corrected chi connectivity index (χ3v) is 2.30. The van der Waals surface area contributed by atoms with Crippen LogP contribution >= 0.6 is 0 Å². The van der Waals surface area contributed by atoms with Crippen LogP contribution < -0.4 is 0 Å². The summed E-state index contributed by atoms with van der Waals surface area (Å²) >= 11 is 0. The molecule has 0 rings (SSSR count). The van der Waals surface area contributed by atoms with Crippen molar-refractivity contribution in [3.05, 3.63) is 0 Å². The van der Waals surface area contributed by atoms with Crippen LogP contribution in [-0.4, -0.2) is 56.7 Å². The second kappa shape index (κ2) is 5.72. The number of hydrogen-bond donors (Lipinski definition) is 3. The lowest BCUT2D eigenvalue weighted by Gasteiger charge is -1.92. The van der Waals surface area contributed by atoms with Crippen molar-refractivity contribution in [2.75, 3.05) is 17.8 Å². The Labute approximate surface area is 87.4 Å². The lowest BCUT2D eigenvalue weighted by atomic mass is 11.0. The molecule has 0 atom stereocenters. The van der Waals surface area contributed by atoms with Gasteiger partial charge in [0.05, 0.1) is 17.8 Å². The molecule has 0 unspecified atom stereocenters. The smallest absolute Gasteiger partial charge is 0.265 e. The van der Waals surface area contributed by atoms with Crippen molar-refractivity contribution in [3.63, 3.8) is 0 Å². The van der Waals surface area contributed by atoms with E-state index < -0.39 is 41.9 Å². The summed E-state index contributed by atoms with van der Waals surface area (Å²) in [4.78, 5) is 0. The zero-order chi connectivity index (χ0) is 12.9. The maximum Gasteiger partial charge on any atom is 0.265 e. The van der Waals surface area contributed by atoms with Crippen LogP contribution in [0.1, 0.15) is 0 Å². The van der Waals surface area contributed by atoms with Crippen LogP contribution in [0.25, 0.3) is 0 Å². The fraction of sp³-hybridized carbons (Fsp3) is 1.00. The SMILES string of the molecule is CS(=O)(=O)O.O=S(=O)(O)CCS(=O)(=O)O. The first-order chi connectivity index (χ1) is 6.21. The minimum atomic E-state index is -4.30. The third-order valence-electron chi connectivity index (χ3n) is 0.599. The molecule has 0 aliphatic heterocycles. The highest BCUT2D eigenvalue weighted by Gasteiger charge is 2.11. The Morgan fingerprint density at radius 1 is 0.733 bits per heavy atom. The molecule has 3 N–H and O–H groups in total. The fourth-order valence-corrected chi connectivity index (χ4v) is 1.90. The maximum absolute atomic E-state index is 9.86. The molecule has 0 amide bonds. The predicted octanol–water partition coefficient (Wildman–Crippen LogP) is -1.73. The van der Waals surface area contributed by atoms with Gasteiger partial charge in [-0.3, -0.25) is 13.7 Å². The van der Waals surface area contributed by atoms with Gasteiger partial charge in [0, 0.05) is 0 Å². The predicted molar refractivity (Wildman–Crippen MR) is 50.3 cm³/mol. The van der Waals surface area contributed by atoms with Gasteiger partial charge >= 0.3 is 0 Å². The van der Waals surface area contributed by atoms with Crippen LogP contribution in [0.5, 0.6) is 0 Å². The van der Waals surface area contributed by atoms with Crippen LogP contribution in [0.2, 0.25) is 0 Å². The van der Waals surface area contributed by atoms with Gasteiger partial charge in [-0.1, -0.05) is 0 Å².